The molecule has 2 atom stereocenters. The number of nitrogens with zero attached hydrogens (tertiary/aromatic N) is 1. The molecule has 120 valence electrons. The van der Waals surface area contributed by atoms with Gasteiger partial charge in [0.2, 0.25) is 5.91 Å². The number of rotatable bonds is 5. The number of ether oxygens (including phenoxy) is 1. The maximum atomic E-state index is 13.2. The van der Waals surface area contributed by atoms with Crippen LogP contribution in [-0.2, 0) is 14.3 Å². The number of hydrogen-bond donors (Lipinski definition) is 1. The third-order valence-electron chi connectivity index (χ3n) is 3.86. The molecule has 1 aromatic rings. The molecule has 1 fully saturated rings. The SMILES string of the molecule is CC(CC(=O)N1CCOCC1CC(=O)O)c1cccc(F)c1. The fourth-order valence-electron chi connectivity index (χ4n) is 2.66. The number of hydrogen-bond acceptors (Lipinski definition) is 3. The zero-order valence-corrected chi connectivity index (χ0v) is 12.5. The molecule has 5 nitrogen and oxygen atoms in total. The van der Waals surface area contributed by atoms with E-state index in [0.29, 0.717) is 13.2 Å². The number of benzene rings is 1. The van der Waals surface area contributed by atoms with Gasteiger partial charge in [0.15, 0.2) is 0 Å². The molecule has 6 heteroatoms. The van der Waals surface area contributed by atoms with Crippen molar-refractivity contribution < 1.29 is 23.8 Å². The normalized spacial score (nSPS) is 19.7. The molecule has 1 amide bonds. The van der Waals surface area contributed by atoms with Gasteiger partial charge in [0.25, 0.3) is 0 Å². The maximum Gasteiger partial charge on any atom is 0.305 e. The molecule has 0 bridgehead atoms. The van der Waals surface area contributed by atoms with Crippen LogP contribution in [0.1, 0.15) is 31.2 Å². The maximum absolute atomic E-state index is 13.2. The number of carboxylic acid groups (broad SMARTS) is 1. The van der Waals surface area contributed by atoms with Gasteiger partial charge in [-0.05, 0) is 23.6 Å². The molecule has 2 unspecified atom stereocenters. The van der Waals surface area contributed by atoms with Crippen LogP contribution in [0.15, 0.2) is 24.3 Å². The summed E-state index contributed by atoms with van der Waals surface area (Å²) in [6.07, 6.45) is 0.0969. The number of carbonyl (C=O) groups excluding carboxylic acids is 1. The van der Waals surface area contributed by atoms with Crippen LogP contribution in [0.5, 0.6) is 0 Å². The molecule has 1 saturated heterocycles. The Morgan fingerprint density at radius 2 is 2.27 bits per heavy atom. The molecular formula is C16H20FNO4. The van der Waals surface area contributed by atoms with Crippen LogP contribution in [0.2, 0.25) is 0 Å². The molecule has 1 aliphatic heterocycles. The molecule has 2 rings (SSSR count). The lowest BCUT2D eigenvalue weighted by atomic mass is 9.96. The summed E-state index contributed by atoms with van der Waals surface area (Å²) in [4.78, 5) is 24.9. The molecule has 1 aromatic carbocycles. The van der Waals surface area contributed by atoms with Crippen LogP contribution in [0.3, 0.4) is 0 Å². The number of aliphatic carboxylic acids is 1. The lowest BCUT2D eigenvalue weighted by Crippen LogP contribution is -2.49. The van der Waals surface area contributed by atoms with Gasteiger partial charge in [-0.15, -0.1) is 0 Å². The van der Waals surface area contributed by atoms with E-state index in [1.807, 2.05) is 6.92 Å². The molecule has 0 spiro atoms. The Balaban J connectivity index is 2.01. The van der Waals surface area contributed by atoms with Crippen LogP contribution >= 0.6 is 0 Å². The zero-order valence-electron chi connectivity index (χ0n) is 12.5. The van der Waals surface area contributed by atoms with Crippen molar-refractivity contribution in [1.82, 2.24) is 4.90 Å². The Kier molecular flexibility index (Phi) is 5.49. The van der Waals surface area contributed by atoms with Crippen molar-refractivity contribution in [1.29, 1.82) is 0 Å². The van der Waals surface area contributed by atoms with E-state index in [1.54, 1.807) is 17.0 Å². The minimum absolute atomic E-state index is 0.119. The third kappa shape index (κ3) is 4.27. The van der Waals surface area contributed by atoms with E-state index in [0.717, 1.165) is 5.56 Å². The Bertz CT molecular complexity index is 549. The fraction of sp³-hybridized carbons (Fsp3) is 0.500. The lowest BCUT2D eigenvalue weighted by Gasteiger charge is -2.35. The molecule has 0 radical (unpaired) electrons. The van der Waals surface area contributed by atoms with E-state index in [1.165, 1.54) is 12.1 Å². The van der Waals surface area contributed by atoms with Crippen molar-refractivity contribution in [2.45, 2.75) is 31.7 Å². The first-order chi connectivity index (χ1) is 10.5. The van der Waals surface area contributed by atoms with Crippen LogP contribution < -0.4 is 0 Å². The smallest absolute Gasteiger partial charge is 0.305 e. The highest BCUT2D eigenvalue weighted by Crippen LogP contribution is 2.22. The monoisotopic (exact) mass is 309 g/mol. The lowest BCUT2D eigenvalue weighted by molar-refractivity contribution is -0.146. The van der Waals surface area contributed by atoms with Crippen LogP contribution in [0, 0.1) is 5.82 Å². The largest absolute Gasteiger partial charge is 0.481 e. The first kappa shape index (κ1) is 16.4. The second-order valence-corrected chi connectivity index (χ2v) is 5.57. The average molecular weight is 309 g/mol. The third-order valence-corrected chi connectivity index (χ3v) is 3.86. The quantitative estimate of drug-likeness (QED) is 0.903. The first-order valence-corrected chi connectivity index (χ1v) is 7.32. The van der Waals surface area contributed by atoms with Crippen molar-refractivity contribution in [3.8, 4) is 0 Å². The summed E-state index contributed by atoms with van der Waals surface area (Å²) in [5, 5.41) is 8.92. The summed E-state index contributed by atoms with van der Waals surface area (Å²) in [5.41, 5.74) is 0.761. The molecular weight excluding hydrogens is 289 g/mol. The van der Waals surface area contributed by atoms with Gasteiger partial charge in [-0.25, -0.2) is 4.39 Å². The van der Waals surface area contributed by atoms with Gasteiger partial charge in [0, 0.05) is 13.0 Å². The molecule has 22 heavy (non-hydrogen) atoms. The van der Waals surface area contributed by atoms with Gasteiger partial charge < -0.3 is 14.7 Å². The van der Waals surface area contributed by atoms with E-state index < -0.39 is 12.0 Å². The predicted molar refractivity (Wildman–Crippen MR) is 78.0 cm³/mol. The van der Waals surface area contributed by atoms with Crippen molar-refractivity contribution >= 4 is 11.9 Å². The van der Waals surface area contributed by atoms with E-state index >= 15 is 0 Å². The number of carboxylic acids is 1. The standard InChI is InChI=1S/C16H20FNO4/c1-11(12-3-2-4-13(17)8-12)7-15(19)18-5-6-22-10-14(18)9-16(20)21/h2-4,8,11,14H,5-7,9-10H2,1H3,(H,20,21). The van der Waals surface area contributed by atoms with E-state index in [2.05, 4.69) is 0 Å². The van der Waals surface area contributed by atoms with Gasteiger partial charge in [-0.2, -0.15) is 0 Å². The summed E-state index contributed by atoms with van der Waals surface area (Å²) < 4.78 is 18.5. The highest BCUT2D eigenvalue weighted by molar-refractivity contribution is 5.78. The minimum Gasteiger partial charge on any atom is -0.481 e. The van der Waals surface area contributed by atoms with Gasteiger partial charge in [-0.1, -0.05) is 19.1 Å². The van der Waals surface area contributed by atoms with E-state index in [9.17, 15) is 14.0 Å². The highest BCUT2D eigenvalue weighted by Gasteiger charge is 2.29. The Morgan fingerprint density at radius 3 is 2.95 bits per heavy atom. The molecule has 0 aromatic heterocycles. The van der Waals surface area contributed by atoms with Crippen molar-refractivity contribution in [3.05, 3.63) is 35.6 Å². The number of amides is 1. The van der Waals surface area contributed by atoms with Gasteiger partial charge in [-0.3, -0.25) is 9.59 Å². The molecule has 0 saturated carbocycles. The molecule has 1 heterocycles. The van der Waals surface area contributed by atoms with Crippen molar-refractivity contribution in [2.75, 3.05) is 19.8 Å². The first-order valence-electron chi connectivity index (χ1n) is 7.32. The topological polar surface area (TPSA) is 66.8 Å². The predicted octanol–water partition coefficient (Wildman–Crippen LogP) is 2.02. The van der Waals surface area contributed by atoms with Crippen molar-refractivity contribution in [2.24, 2.45) is 0 Å². The second-order valence-electron chi connectivity index (χ2n) is 5.57. The summed E-state index contributed by atoms with van der Waals surface area (Å²) >= 11 is 0. The average Bonchev–Trinajstić information content (AvgIpc) is 2.47. The second kappa shape index (κ2) is 7.35. The Labute approximate surface area is 128 Å². The van der Waals surface area contributed by atoms with Gasteiger partial charge in [0.1, 0.15) is 5.82 Å². The molecule has 1 N–H and O–H groups in total. The molecule has 0 aliphatic carbocycles. The summed E-state index contributed by atoms with van der Waals surface area (Å²) in [5.74, 6) is -1.53. The van der Waals surface area contributed by atoms with Gasteiger partial charge in [0.05, 0.1) is 25.7 Å². The number of halogens is 1. The number of carbonyl (C=O) groups is 2. The molecule has 1 aliphatic rings. The summed E-state index contributed by atoms with van der Waals surface area (Å²) in [7, 11) is 0. The van der Waals surface area contributed by atoms with Crippen molar-refractivity contribution in [3.63, 3.8) is 0 Å². The summed E-state index contributed by atoms with van der Waals surface area (Å²) in [6, 6.07) is 5.76. The summed E-state index contributed by atoms with van der Waals surface area (Å²) in [6.45, 7) is 2.91. The highest BCUT2D eigenvalue weighted by atomic mass is 19.1. The Morgan fingerprint density at radius 1 is 1.50 bits per heavy atom. The van der Waals surface area contributed by atoms with E-state index in [4.69, 9.17) is 9.84 Å². The Hall–Kier alpha value is -1.95. The van der Waals surface area contributed by atoms with E-state index in [-0.39, 0.29) is 37.1 Å². The zero-order chi connectivity index (χ0) is 16.1. The fourth-order valence-corrected chi connectivity index (χ4v) is 2.66. The number of morpholine rings is 1. The van der Waals surface area contributed by atoms with Crippen LogP contribution in [0.4, 0.5) is 4.39 Å². The van der Waals surface area contributed by atoms with Gasteiger partial charge >= 0.3 is 5.97 Å². The van der Waals surface area contributed by atoms with Crippen LogP contribution in [0.25, 0.3) is 0 Å². The minimum atomic E-state index is -0.952. The van der Waals surface area contributed by atoms with Crippen LogP contribution in [-0.4, -0.2) is 47.7 Å².